The fraction of sp³-hybridized carbons (Fsp3) is 0.364. The number of rotatable bonds is 7. The molecule has 0 aromatic heterocycles. The molecule has 166 valence electrons. The largest absolute Gasteiger partial charge is 0.573 e. The average molecular weight is 452 g/mol. The van der Waals surface area contributed by atoms with E-state index in [0.717, 1.165) is 50.3 Å². The van der Waals surface area contributed by atoms with E-state index in [1.54, 1.807) is 12.1 Å². The van der Waals surface area contributed by atoms with Gasteiger partial charge in [-0.2, -0.15) is 0 Å². The van der Waals surface area contributed by atoms with E-state index in [4.69, 9.17) is 0 Å². The number of hydrogen-bond donors (Lipinski definition) is 1. The summed E-state index contributed by atoms with van der Waals surface area (Å²) in [5.41, 5.74) is 1.59. The number of anilines is 1. The molecule has 0 amide bonds. The summed E-state index contributed by atoms with van der Waals surface area (Å²) in [6.45, 7) is 6.88. The van der Waals surface area contributed by atoms with Crippen LogP contribution in [0.25, 0.3) is 0 Å². The molecule has 2 aliphatic rings. The Morgan fingerprint density at radius 3 is 2.39 bits per heavy atom. The number of hydrogen-bond acceptors (Lipinski definition) is 4. The van der Waals surface area contributed by atoms with Gasteiger partial charge < -0.3 is 4.74 Å². The maximum absolute atomic E-state index is 12.5. The first-order chi connectivity index (χ1) is 14.6. The second-order valence-corrected chi connectivity index (χ2v) is 9.70. The number of nitrogens with one attached hydrogen (secondary N) is 1. The minimum Gasteiger partial charge on any atom is -0.406 e. The van der Waals surface area contributed by atoms with Crippen molar-refractivity contribution in [2.24, 2.45) is 11.8 Å². The maximum Gasteiger partial charge on any atom is 0.573 e. The number of alkyl halides is 3. The molecule has 0 bridgehead atoms. The van der Waals surface area contributed by atoms with Crippen molar-refractivity contribution in [1.82, 2.24) is 4.90 Å². The molecule has 2 fully saturated rings. The number of benzene rings is 2. The van der Waals surface area contributed by atoms with Gasteiger partial charge in [-0.25, -0.2) is 8.42 Å². The van der Waals surface area contributed by atoms with Gasteiger partial charge in [-0.1, -0.05) is 18.2 Å². The Balaban J connectivity index is 1.39. The maximum atomic E-state index is 12.5. The van der Waals surface area contributed by atoms with Gasteiger partial charge in [-0.15, -0.1) is 19.8 Å². The van der Waals surface area contributed by atoms with Gasteiger partial charge in [0.25, 0.3) is 10.0 Å². The molecule has 1 heterocycles. The van der Waals surface area contributed by atoms with E-state index in [-0.39, 0.29) is 4.90 Å². The van der Waals surface area contributed by atoms with E-state index in [0.29, 0.717) is 23.4 Å². The molecule has 1 aliphatic carbocycles. The summed E-state index contributed by atoms with van der Waals surface area (Å²) in [6.07, 6.45) is -1.77. The van der Waals surface area contributed by atoms with E-state index in [9.17, 15) is 21.6 Å². The van der Waals surface area contributed by atoms with Crippen molar-refractivity contribution in [3.63, 3.8) is 0 Å². The number of sulfonamides is 1. The summed E-state index contributed by atoms with van der Waals surface area (Å²) < 4.78 is 68.1. The Hall–Kier alpha value is -2.52. The van der Waals surface area contributed by atoms with Crippen LogP contribution in [-0.4, -0.2) is 39.3 Å². The highest BCUT2D eigenvalue weighted by Gasteiger charge is 2.46. The second-order valence-electron chi connectivity index (χ2n) is 8.02. The molecule has 0 radical (unpaired) electrons. The predicted molar refractivity (Wildman–Crippen MR) is 111 cm³/mol. The van der Waals surface area contributed by atoms with Gasteiger partial charge in [-0.3, -0.25) is 9.62 Å². The van der Waals surface area contributed by atoms with Crippen molar-refractivity contribution in [3.05, 3.63) is 66.7 Å². The molecule has 2 aromatic rings. The molecular formula is C22H23F3N2O3S. The van der Waals surface area contributed by atoms with Gasteiger partial charge in [0, 0.05) is 25.3 Å². The zero-order valence-electron chi connectivity index (χ0n) is 16.7. The summed E-state index contributed by atoms with van der Waals surface area (Å²) in [4.78, 5) is 2.26. The minimum absolute atomic E-state index is 0.152. The van der Waals surface area contributed by atoms with Crippen LogP contribution in [0.1, 0.15) is 17.9 Å². The number of halogens is 3. The molecule has 5 nitrogen and oxygen atoms in total. The molecular weight excluding hydrogens is 429 g/mol. The first-order valence-electron chi connectivity index (χ1n) is 9.96. The van der Waals surface area contributed by atoms with Gasteiger partial charge in [0.1, 0.15) is 5.75 Å². The van der Waals surface area contributed by atoms with Gasteiger partial charge in [0.15, 0.2) is 0 Å². The molecule has 4 rings (SSSR count). The van der Waals surface area contributed by atoms with Gasteiger partial charge >= 0.3 is 6.36 Å². The Bertz CT molecular complexity index is 1040. The number of fused-ring (bicyclic) bond motifs is 1. The van der Waals surface area contributed by atoms with Crippen LogP contribution >= 0.6 is 0 Å². The van der Waals surface area contributed by atoms with Crippen LogP contribution in [0.4, 0.5) is 18.9 Å². The van der Waals surface area contributed by atoms with Gasteiger partial charge in [-0.05, 0) is 66.1 Å². The fourth-order valence-corrected chi connectivity index (χ4v) is 5.61. The normalized spacial score (nSPS) is 23.6. The smallest absolute Gasteiger partial charge is 0.406 e. The van der Waals surface area contributed by atoms with Crippen molar-refractivity contribution >= 4 is 15.7 Å². The summed E-state index contributed by atoms with van der Waals surface area (Å²) >= 11 is 0. The Kier molecular flexibility index (Phi) is 5.74. The van der Waals surface area contributed by atoms with Crippen LogP contribution in [0.2, 0.25) is 0 Å². The minimum atomic E-state index is -4.83. The van der Waals surface area contributed by atoms with Crippen LogP contribution in [0.5, 0.6) is 5.75 Å². The molecule has 3 atom stereocenters. The van der Waals surface area contributed by atoms with Gasteiger partial charge in [0.2, 0.25) is 0 Å². The number of ether oxygens (including phenoxy) is 1. The molecule has 0 spiro atoms. The second kappa shape index (κ2) is 8.20. The summed E-state index contributed by atoms with van der Waals surface area (Å²) in [5, 5.41) is 0. The molecule has 1 N–H and O–H groups in total. The third-order valence-electron chi connectivity index (χ3n) is 5.99. The van der Waals surface area contributed by atoms with E-state index in [2.05, 4.69) is 20.9 Å². The third kappa shape index (κ3) is 4.88. The number of likely N-dealkylation sites (tertiary alicyclic amines) is 1. The highest BCUT2D eigenvalue weighted by atomic mass is 32.2. The lowest BCUT2D eigenvalue weighted by Crippen LogP contribution is -2.33. The van der Waals surface area contributed by atoms with E-state index < -0.39 is 22.1 Å². The lowest BCUT2D eigenvalue weighted by molar-refractivity contribution is -0.274. The fourth-order valence-electron chi connectivity index (χ4n) is 4.55. The highest BCUT2D eigenvalue weighted by Crippen LogP contribution is 2.51. The summed E-state index contributed by atoms with van der Waals surface area (Å²) in [6, 6.07) is 11.4. The summed E-state index contributed by atoms with van der Waals surface area (Å²) in [7, 11) is -3.93. The molecule has 2 aromatic carbocycles. The quantitative estimate of drug-likeness (QED) is 0.624. The molecule has 0 unspecified atom stereocenters. The van der Waals surface area contributed by atoms with E-state index >= 15 is 0 Å². The van der Waals surface area contributed by atoms with Crippen molar-refractivity contribution in [3.8, 4) is 5.75 Å². The van der Waals surface area contributed by atoms with E-state index in [1.165, 1.54) is 5.56 Å². The molecule has 31 heavy (non-hydrogen) atoms. The zero-order chi connectivity index (χ0) is 22.2. The van der Waals surface area contributed by atoms with Crippen LogP contribution in [-0.2, 0) is 10.0 Å². The van der Waals surface area contributed by atoms with E-state index in [1.807, 2.05) is 18.2 Å². The summed E-state index contributed by atoms with van der Waals surface area (Å²) in [5.74, 6) is 1.34. The topological polar surface area (TPSA) is 58.6 Å². The first kappa shape index (κ1) is 21.7. The van der Waals surface area contributed by atoms with Gasteiger partial charge in [0.05, 0.1) is 4.90 Å². The Labute approximate surface area is 179 Å². The van der Waals surface area contributed by atoms with Crippen LogP contribution in [0, 0.1) is 11.8 Å². The van der Waals surface area contributed by atoms with Crippen molar-refractivity contribution in [2.45, 2.75) is 23.6 Å². The molecule has 9 heteroatoms. The zero-order valence-corrected chi connectivity index (χ0v) is 17.5. The molecule has 1 saturated heterocycles. The molecule has 1 aliphatic heterocycles. The first-order valence-corrected chi connectivity index (χ1v) is 11.4. The molecule has 1 saturated carbocycles. The lowest BCUT2D eigenvalue weighted by Gasteiger charge is -2.40. The average Bonchev–Trinajstić information content (AvgIpc) is 2.99. The standard InChI is InChI=1S/C22H23F3N2O3S/c1-2-11-27-13-16-12-20(21(16)14-27)15-3-5-17(6-4-15)26-31(28,29)19-9-7-18(8-10-19)30-22(23,24)25/h2-10,16,20-21,26H,1,11-14H2/t16-,20-,21+/m0/s1. The lowest BCUT2D eigenvalue weighted by atomic mass is 9.64. The van der Waals surface area contributed by atoms with Crippen LogP contribution < -0.4 is 9.46 Å². The monoisotopic (exact) mass is 452 g/mol. The van der Waals surface area contributed by atoms with Crippen LogP contribution in [0.3, 0.4) is 0 Å². The Morgan fingerprint density at radius 2 is 1.77 bits per heavy atom. The predicted octanol–water partition coefficient (Wildman–Crippen LogP) is 4.61. The van der Waals surface area contributed by atoms with Crippen molar-refractivity contribution in [1.29, 1.82) is 0 Å². The van der Waals surface area contributed by atoms with Crippen LogP contribution in [0.15, 0.2) is 66.1 Å². The third-order valence-corrected chi connectivity index (χ3v) is 7.38. The van der Waals surface area contributed by atoms with Crippen molar-refractivity contribution in [2.75, 3.05) is 24.4 Å². The Morgan fingerprint density at radius 1 is 1.10 bits per heavy atom. The number of nitrogens with zero attached hydrogens (tertiary/aromatic N) is 1. The SMILES string of the molecule is C=CCN1C[C@@H]2C[C@@H](c3ccc(NS(=O)(=O)c4ccc(OC(F)(F)F)cc4)cc3)[C@@H]2C1. The van der Waals surface area contributed by atoms with Crippen molar-refractivity contribution < 1.29 is 26.3 Å². The highest BCUT2D eigenvalue weighted by molar-refractivity contribution is 7.92.